The Morgan fingerprint density at radius 3 is 2.86 bits per heavy atom. The van der Waals surface area contributed by atoms with Crippen molar-refractivity contribution in [1.82, 2.24) is 24.5 Å². The van der Waals surface area contributed by atoms with E-state index >= 15 is 0 Å². The number of benzene rings is 1. The Bertz CT molecular complexity index is 686. The van der Waals surface area contributed by atoms with E-state index in [1.807, 2.05) is 33.6 Å². The molecule has 6 heteroatoms. The fraction of sp³-hybridized carbons (Fsp3) is 0.267. The summed E-state index contributed by atoms with van der Waals surface area (Å²) in [6.07, 6.45) is 8.46. The third kappa shape index (κ3) is 3.28. The number of hydrogen-bond acceptors (Lipinski definition) is 4. The van der Waals surface area contributed by atoms with Gasteiger partial charge in [-0.25, -0.2) is 0 Å². The van der Waals surface area contributed by atoms with Gasteiger partial charge in [0, 0.05) is 30.5 Å². The zero-order valence-corrected chi connectivity index (χ0v) is 12.0. The van der Waals surface area contributed by atoms with Crippen LogP contribution in [0.25, 0.3) is 5.69 Å². The van der Waals surface area contributed by atoms with Crippen molar-refractivity contribution in [3.8, 4) is 5.69 Å². The molecule has 0 bridgehead atoms. The molecule has 3 rings (SSSR count). The maximum absolute atomic E-state index is 4.33. The van der Waals surface area contributed by atoms with Gasteiger partial charge < -0.3 is 5.32 Å². The second-order valence-corrected chi connectivity index (χ2v) is 4.88. The molecule has 0 radical (unpaired) electrons. The fourth-order valence-corrected chi connectivity index (χ4v) is 2.16. The van der Waals surface area contributed by atoms with Crippen molar-refractivity contribution in [3.63, 3.8) is 0 Å². The molecule has 0 saturated carbocycles. The minimum Gasteiger partial charge on any atom is -0.381 e. The van der Waals surface area contributed by atoms with Gasteiger partial charge in [0.05, 0.1) is 11.9 Å². The van der Waals surface area contributed by atoms with E-state index in [0.717, 1.165) is 30.9 Å². The number of hydrogen-bond donors (Lipinski definition) is 1. The van der Waals surface area contributed by atoms with Crippen molar-refractivity contribution in [1.29, 1.82) is 0 Å². The Kier molecular flexibility index (Phi) is 3.95. The first-order valence-electron chi connectivity index (χ1n) is 7.05. The first-order valence-corrected chi connectivity index (χ1v) is 7.05. The predicted molar refractivity (Wildman–Crippen MR) is 81.2 cm³/mol. The molecule has 0 atom stereocenters. The molecule has 0 aliphatic heterocycles. The fourth-order valence-electron chi connectivity index (χ4n) is 2.16. The van der Waals surface area contributed by atoms with Crippen LogP contribution in [0.3, 0.4) is 0 Å². The van der Waals surface area contributed by atoms with Gasteiger partial charge in [-0.1, -0.05) is 13.0 Å². The van der Waals surface area contributed by atoms with Crippen molar-refractivity contribution in [2.24, 2.45) is 0 Å². The van der Waals surface area contributed by atoms with Gasteiger partial charge in [0.15, 0.2) is 0 Å². The quantitative estimate of drug-likeness (QED) is 0.754. The number of rotatable bonds is 6. The highest BCUT2D eigenvalue weighted by molar-refractivity contribution is 5.51. The molecule has 108 valence electrons. The van der Waals surface area contributed by atoms with Crippen LogP contribution in [0.4, 0.5) is 5.69 Å². The third-order valence-corrected chi connectivity index (χ3v) is 3.20. The van der Waals surface area contributed by atoms with Gasteiger partial charge in [-0.05, 0) is 24.6 Å². The average Bonchev–Trinajstić information content (AvgIpc) is 3.18. The van der Waals surface area contributed by atoms with E-state index in [9.17, 15) is 0 Å². The summed E-state index contributed by atoms with van der Waals surface area (Å²) in [6.45, 7) is 3.87. The lowest BCUT2D eigenvalue weighted by atomic mass is 10.2. The van der Waals surface area contributed by atoms with Crippen LogP contribution in [0, 0.1) is 0 Å². The Hall–Kier alpha value is -2.63. The summed E-state index contributed by atoms with van der Waals surface area (Å²) in [5.41, 5.74) is 3.27. The highest BCUT2D eigenvalue weighted by Gasteiger charge is 2.01. The molecule has 0 saturated heterocycles. The van der Waals surface area contributed by atoms with Crippen LogP contribution in [-0.4, -0.2) is 24.5 Å². The Morgan fingerprint density at radius 1 is 1.19 bits per heavy atom. The van der Waals surface area contributed by atoms with E-state index in [-0.39, 0.29) is 0 Å². The smallest absolute Gasteiger partial charge is 0.123 e. The van der Waals surface area contributed by atoms with Gasteiger partial charge in [-0.15, -0.1) is 10.2 Å². The molecule has 0 unspecified atom stereocenters. The standard InChI is InChI=1S/C15H18N6/c1-2-6-21-10-13(9-19-21)8-16-14-4-3-5-15(7-14)20-11-17-18-12-20/h3-5,7,9-12,16H,2,6,8H2,1H3. The van der Waals surface area contributed by atoms with E-state index in [2.05, 4.69) is 39.8 Å². The number of nitrogens with zero attached hydrogens (tertiary/aromatic N) is 5. The lowest BCUT2D eigenvalue weighted by Gasteiger charge is -2.07. The van der Waals surface area contributed by atoms with Crippen LogP contribution in [0.15, 0.2) is 49.3 Å². The summed E-state index contributed by atoms with van der Waals surface area (Å²) in [5.74, 6) is 0. The molecule has 3 aromatic rings. The van der Waals surface area contributed by atoms with E-state index < -0.39 is 0 Å². The first-order chi connectivity index (χ1) is 10.3. The molecule has 0 amide bonds. The SMILES string of the molecule is CCCn1cc(CNc2cccc(-n3cnnc3)c2)cn1. The molecule has 0 aliphatic carbocycles. The van der Waals surface area contributed by atoms with Crippen LogP contribution in [0.5, 0.6) is 0 Å². The molecule has 0 fully saturated rings. The molecule has 0 aliphatic rings. The summed E-state index contributed by atoms with van der Waals surface area (Å²) < 4.78 is 3.86. The second kappa shape index (κ2) is 6.21. The van der Waals surface area contributed by atoms with E-state index in [4.69, 9.17) is 0 Å². The molecule has 2 aromatic heterocycles. The molecule has 21 heavy (non-hydrogen) atoms. The normalized spacial score (nSPS) is 10.7. The van der Waals surface area contributed by atoms with Gasteiger partial charge in [-0.3, -0.25) is 9.25 Å². The highest BCUT2D eigenvalue weighted by Crippen LogP contribution is 2.15. The molecule has 1 aromatic carbocycles. The van der Waals surface area contributed by atoms with E-state index in [1.165, 1.54) is 5.56 Å². The van der Waals surface area contributed by atoms with Crippen molar-refractivity contribution >= 4 is 5.69 Å². The zero-order valence-electron chi connectivity index (χ0n) is 12.0. The maximum atomic E-state index is 4.33. The summed E-state index contributed by atoms with van der Waals surface area (Å²) in [5, 5.41) is 15.4. The topological polar surface area (TPSA) is 60.6 Å². The van der Waals surface area contributed by atoms with Crippen LogP contribution in [-0.2, 0) is 13.1 Å². The van der Waals surface area contributed by atoms with Crippen molar-refractivity contribution in [2.75, 3.05) is 5.32 Å². The summed E-state index contributed by atoms with van der Waals surface area (Å²) in [6, 6.07) is 8.15. The molecule has 0 spiro atoms. The van der Waals surface area contributed by atoms with Gasteiger partial charge >= 0.3 is 0 Å². The number of aryl methyl sites for hydroxylation is 1. The molecular formula is C15H18N6. The zero-order chi connectivity index (χ0) is 14.5. The summed E-state index contributed by atoms with van der Waals surface area (Å²) >= 11 is 0. The monoisotopic (exact) mass is 282 g/mol. The van der Waals surface area contributed by atoms with Crippen LogP contribution < -0.4 is 5.32 Å². The minimum atomic E-state index is 0.759. The highest BCUT2D eigenvalue weighted by atomic mass is 15.3. The number of anilines is 1. The number of nitrogens with one attached hydrogen (secondary N) is 1. The number of aromatic nitrogens is 5. The first kappa shape index (κ1) is 13.4. The molecule has 2 heterocycles. The summed E-state index contributed by atoms with van der Waals surface area (Å²) in [7, 11) is 0. The van der Waals surface area contributed by atoms with Gasteiger partial charge in [-0.2, -0.15) is 5.10 Å². The lowest BCUT2D eigenvalue weighted by molar-refractivity contribution is 0.602. The Morgan fingerprint density at radius 2 is 2.05 bits per heavy atom. The van der Waals surface area contributed by atoms with Gasteiger partial charge in [0.1, 0.15) is 12.7 Å². The van der Waals surface area contributed by atoms with Crippen LogP contribution in [0.2, 0.25) is 0 Å². The van der Waals surface area contributed by atoms with Crippen LogP contribution in [0.1, 0.15) is 18.9 Å². The van der Waals surface area contributed by atoms with Gasteiger partial charge in [0.25, 0.3) is 0 Å². The lowest BCUT2D eigenvalue weighted by Crippen LogP contribution is -2.00. The summed E-state index contributed by atoms with van der Waals surface area (Å²) in [4.78, 5) is 0. The Labute approximate surface area is 123 Å². The third-order valence-electron chi connectivity index (χ3n) is 3.20. The maximum Gasteiger partial charge on any atom is 0.123 e. The van der Waals surface area contributed by atoms with Crippen molar-refractivity contribution in [3.05, 3.63) is 54.9 Å². The molecule has 6 nitrogen and oxygen atoms in total. The molecular weight excluding hydrogens is 264 g/mol. The van der Waals surface area contributed by atoms with E-state index in [1.54, 1.807) is 12.7 Å². The van der Waals surface area contributed by atoms with Gasteiger partial charge in [0.2, 0.25) is 0 Å². The predicted octanol–water partition coefficient (Wildman–Crippen LogP) is 2.49. The van der Waals surface area contributed by atoms with Crippen molar-refractivity contribution < 1.29 is 0 Å². The minimum absolute atomic E-state index is 0.759. The van der Waals surface area contributed by atoms with E-state index in [0.29, 0.717) is 0 Å². The average molecular weight is 282 g/mol. The Balaban J connectivity index is 1.66. The van der Waals surface area contributed by atoms with Crippen LogP contribution >= 0.6 is 0 Å². The largest absolute Gasteiger partial charge is 0.381 e. The second-order valence-electron chi connectivity index (χ2n) is 4.88. The van der Waals surface area contributed by atoms with Crippen molar-refractivity contribution in [2.45, 2.75) is 26.4 Å². The molecule has 1 N–H and O–H groups in total.